The van der Waals surface area contributed by atoms with Crippen LogP contribution in [0.15, 0.2) is 47.4 Å². The average Bonchev–Trinajstić information content (AvgIpc) is 2.86. The minimum atomic E-state index is -4.52. The first kappa shape index (κ1) is 28.5. The van der Waals surface area contributed by atoms with Crippen LogP contribution in [-0.2, 0) is 21.1 Å². The fourth-order valence-corrected chi connectivity index (χ4v) is 5.82. The predicted octanol–water partition coefficient (Wildman–Crippen LogP) is 6.05. The summed E-state index contributed by atoms with van der Waals surface area (Å²) in [5.74, 6) is -0.258. The number of likely N-dealkylation sites (N-methyl/N-ethyl adjacent to an activating group) is 1. The molecular weight excluding hydrogens is 491 g/mol. The molecule has 3 rings (SSSR count). The van der Waals surface area contributed by atoms with E-state index in [9.17, 15) is 18.0 Å². The number of likely N-dealkylation sites (tertiary alicyclic amines) is 1. The molecule has 2 aromatic rings. The van der Waals surface area contributed by atoms with Gasteiger partial charge in [0, 0.05) is 36.9 Å². The number of ketones is 1. The van der Waals surface area contributed by atoms with E-state index in [2.05, 4.69) is 24.1 Å². The van der Waals surface area contributed by atoms with E-state index in [0.29, 0.717) is 6.42 Å². The zero-order valence-electron chi connectivity index (χ0n) is 21.2. The fourth-order valence-electron chi connectivity index (χ4n) is 5.16. The quantitative estimate of drug-likeness (QED) is 0.202. The van der Waals surface area contributed by atoms with Gasteiger partial charge in [0.2, 0.25) is 0 Å². The second kappa shape index (κ2) is 12.4. The molecule has 0 N–H and O–H groups in total. The van der Waals surface area contributed by atoms with E-state index in [1.165, 1.54) is 12.7 Å². The lowest BCUT2D eigenvalue weighted by atomic mass is 9.70. The minimum Gasteiger partial charge on any atom is -0.496 e. The number of ether oxygens (including phenoxy) is 3. The van der Waals surface area contributed by atoms with Crippen LogP contribution in [0.5, 0.6) is 5.75 Å². The molecule has 0 saturated carbocycles. The Hall–Kier alpha value is -2.07. The van der Waals surface area contributed by atoms with Crippen LogP contribution in [0.25, 0.3) is 0 Å². The van der Waals surface area contributed by atoms with Crippen LogP contribution in [0, 0.1) is 0 Å². The predicted molar refractivity (Wildman–Crippen MR) is 135 cm³/mol. The van der Waals surface area contributed by atoms with Crippen LogP contribution in [-0.4, -0.2) is 64.2 Å². The number of methoxy groups -OCH3 is 2. The summed E-state index contributed by atoms with van der Waals surface area (Å²) in [6.45, 7) is 1.82. The molecule has 1 saturated heterocycles. The van der Waals surface area contributed by atoms with Gasteiger partial charge < -0.3 is 19.1 Å². The van der Waals surface area contributed by atoms with Gasteiger partial charge in [0.15, 0.2) is 5.78 Å². The fraction of sp³-hybridized carbons (Fsp3) is 0.519. The molecule has 9 heteroatoms. The topological polar surface area (TPSA) is 48.0 Å². The van der Waals surface area contributed by atoms with Crippen LogP contribution >= 0.6 is 11.8 Å². The average molecular weight is 526 g/mol. The van der Waals surface area contributed by atoms with E-state index in [4.69, 9.17) is 14.2 Å². The molecule has 0 spiro atoms. The van der Waals surface area contributed by atoms with Gasteiger partial charge >= 0.3 is 6.18 Å². The van der Waals surface area contributed by atoms with E-state index in [0.717, 1.165) is 49.8 Å². The normalized spacial score (nSPS) is 20.9. The van der Waals surface area contributed by atoms with Crippen LogP contribution < -0.4 is 4.74 Å². The molecule has 0 unspecified atom stereocenters. The number of carbonyl (C=O) groups excluding carboxylic acids is 1. The Morgan fingerprint density at radius 2 is 1.92 bits per heavy atom. The monoisotopic (exact) mass is 525 g/mol. The lowest BCUT2D eigenvalue weighted by molar-refractivity contribution is -0.137. The number of hydrogen-bond donors (Lipinski definition) is 0. The minimum absolute atomic E-state index is 0.0160. The van der Waals surface area contributed by atoms with E-state index in [-0.39, 0.29) is 46.7 Å². The first-order valence-electron chi connectivity index (χ1n) is 11.8. The molecule has 5 nitrogen and oxygen atoms in total. The number of hydrogen-bond acceptors (Lipinski definition) is 6. The third kappa shape index (κ3) is 6.82. The molecule has 0 bridgehead atoms. The van der Waals surface area contributed by atoms with Crippen molar-refractivity contribution >= 4 is 17.5 Å². The Labute approximate surface area is 215 Å². The van der Waals surface area contributed by atoms with E-state index >= 15 is 0 Å². The van der Waals surface area contributed by atoms with Crippen LogP contribution in [0.3, 0.4) is 0 Å². The highest BCUT2D eigenvalue weighted by atomic mass is 32.2. The summed E-state index contributed by atoms with van der Waals surface area (Å²) < 4.78 is 56.3. The zero-order chi connectivity index (χ0) is 26.3. The molecule has 1 fully saturated rings. The van der Waals surface area contributed by atoms with Crippen molar-refractivity contribution in [1.29, 1.82) is 0 Å². The molecule has 0 radical (unpaired) electrons. The number of thioether (sulfide) groups is 1. The molecule has 0 amide bonds. The third-order valence-electron chi connectivity index (χ3n) is 6.69. The maximum Gasteiger partial charge on any atom is 0.416 e. The van der Waals surface area contributed by atoms with Gasteiger partial charge in [-0.15, -0.1) is 11.8 Å². The van der Waals surface area contributed by atoms with Gasteiger partial charge in [-0.3, -0.25) is 4.79 Å². The molecule has 0 aromatic heterocycles. The molecule has 36 heavy (non-hydrogen) atoms. The second-order valence-corrected chi connectivity index (χ2v) is 10.1. The van der Waals surface area contributed by atoms with Crippen molar-refractivity contribution in [2.45, 2.75) is 48.3 Å². The number of piperidine rings is 1. The summed E-state index contributed by atoms with van der Waals surface area (Å²) in [6, 6.07) is 12.2. The highest BCUT2D eigenvalue weighted by Crippen LogP contribution is 2.41. The number of nitrogens with zero attached hydrogens (tertiary/aromatic N) is 1. The molecule has 2 atom stereocenters. The first-order chi connectivity index (χ1) is 17.1. The van der Waals surface area contributed by atoms with Gasteiger partial charge in [0.1, 0.15) is 12.5 Å². The Morgan fingerprint density at radius 3 is 2.53 bits per heavy atom. The number of Topliss-reactive ketones (excluding diaryl/α,β-unsaturated/α-hetero) is 1. The van der Waals surface area contributed by atoms with Crippen molar-refractivity contribution in [1.82, 2.24) is 4.90 Å². The van der Waals surface area contributed by atoms with Gasteiger partial charge in [0.05, 0.1) is 24.3 Å². The summed E-state index contributed by atoms with van der Waals surface area (Å²) in [5.41, 5.74) is 0.357. The van der Waals surface area contributed by atoms with Crippen LogP contribution in [0.2, 0.25) is 0 Å². The number of benzene rings is 2. The Balaban J connectivity index is 1.83. The van der Waals surface area contributed by atoms with Gasteiger partial charge in [-0.1, -0.05) is 30.3 Å². The van der Waals surface area contributed by atoms with Gasteiger partial charge in [-0.05, 0) is 50.3 Å². The largest absolute Gasteiger partial charge is 0.496 e. The molecule has 1 aliphatic rings. The summed E-state index contributed by atoms with van der Waals surface area (Å²) in [7, 11) is 4.95. The SMILES string of the molecule is COCO[C@@H]1CN(C)C[C@](CCCC(=O)c2c(OC)cc(C(F)(F)F)cc2SC)(c2ccccc2)C1. The summed E-state index contributed by atoms with van der Waals surface area (Å²) in [5, 5.41) is 0. The van der Waals surface area contributed by atoms with E-state index in [1.807, 2.05) is 18.2 Å². The summed E-state index contributed by atoms with van der Waals surface area (Å²) in [4.78, 5) is 15.8. The third-order valence-corrected chi connectivity index (χ3v) is 7.45. The van der Waals surface area contributed by atoms with Crippen molar-refractivity contribution in [3.8, 4) is 5.75 Å². The lowest BCUT2D eigenvalue weighted by Gasteiger charge is -2.45. The molecule has 1 heterocycles. The highest BCUT2D eigenvalue weighted by Gasteiger charge is 2.40. The molecule has 2 aromatic carbocycles. The van der Waals surface area contributed by atoms with Crippen LogP contribution in [0.4, 0.5) is 13.2 Å². The number of halogens is 3. The Morgan fingerprint density at radius 1 is 1.19 bits per heavy atom. The maximum atomic E-state index is 13.3. The summed E-state index contributed by atoms with van der Waals surface area (Å²) >= 11 is 1.11. The van der Waals surface area contributed by atoms with Crippen molar-refractivity contribution in [3.63, 3.8) is 0 Å². The lowest BCUT2D eigenvalue weighted by Crippen LogP contribution is -2.51. The van der Waals surface area contributed by atoms with Gasteiger partial charge in [-0.2, -0.15) is 13.2 Å². The van der Waals surface area contributed by atoms with Crippen molar-refractivity contribution in [2.75, 3.05) is 47.4 Å². The second-order valence-electron chi connectivity index (χ2n) is 9.27. The van der Waals surface area contributed by atoms with Crippen molar-refractivity contribution in [3.05, 3.63) is 59.2 Å². The number of carbonyl (C=O) groups is 1. The molecular formula is C27H34F3NO4S. The standard InChI is InChI=1S/C27H34F3NO4S/c1-31-16-21(35-18-33-2)15-26(17-31,19-9-6-5-7-10-19)12-8-11-22(32)25-23(34-3)13-20(27(28,29)30)14-24(25)36-4/h5-7,9-10,13-14,21H,8,11-12,15-18H2,1-4H3/t21-,26+/m0/s1. The molecule has 198 valence electrons. The molecule has 0 aliphatic carbocycles. The Kier molecular flexibility index (Phi) is 9.86. The Bertz CT molecular complexity index is 993. The zero-order valence-corrected chi connectivity index (χ0v) is 22.0. The smallest absolute Gasteiger partial charge is 0.416 e. The highest BCUT2D eigenvalue weighted by molar-refractivity contribution is 7.98. The number of rotatable bonds is 11. The van der Waals surface area contributed by atoms with Crippen LogP contribution in [0.1, 0.15) is 47.2 Å². The maximum absolute atomic E-state index is 13.3. The van der Waals surface area contributed by atoms with E-state index < -0.39 is 11.7 Å². The molecule has 1 aliphatic heterocycles. The first-order valence-corrected chi connectivity index (χ1v) is 13.1. The van der Waals surface area contributed by atoms with Crippen molar-refractivity contribution < 1.29 is 32.2 Å². The van der Waals surface area contributed by atoms with Crippen molar-refractivity contribution in [2.24, 2.45) is 0 Å². The van der Waals surface area contributed by atoms with Gasteiger partial charge in [-0.25, -0.2) is 0 Å². The number of alkyl halides is 3. The van der Waals surface area contributed by atoms with Gasteiger partial charge in [0.25, 0.3) is 0 Å². The van der Waals surface area contributed by atoms with E-state index in [1.54, 1.807) is 13.4 Å². The summed E-state index contributed by atoms with van der Waals surface area (Å²) in [6.07, 6.45) is -0.564.